The number of carbonyl (C=O) groups is 1. The largest absolute Gasteiger partial charge is 0.422 e. The number of benzene rings is 2. The van der Waals surface area contributed by atoms with E-state index in [2.05, 4.69) is 19.2 Å². The quantitative estimate of drug-likeness (QED) is 0.632. The van der Waals surface area contributed by atoms with Crippen molar-refractivity contribution in [3.63, 3.8) is 0 Å². The Balaban J connectivity index is 0.00000280. The number of hydrogen-bond acceptors (Lipinski definition) is 4. The number of rotatable bonds is 5. The zero-order chi connectivity index (χ0) is 19.6. The highest BCUT2D eigenvalue weighted by Gasteiger charge is 2.19. The van der Waals surface area contributed by atoms with E-state index in [1.807, 2.05) is 36.4 Å². The molecule has 0 radical (unpaired) electrons. The Morgan fingerprint density at radius 1 is 1.07 bits per heavy atom. The monoisotopic (exact) mass is 400 g/mol. The molecule has 1 heterocycles. The third-order valence-electron chi connectivity index (χ3n) is 4.81. The number of hydrogen-bond donors (Lipinski definition) is 2. The number of amides is 1. The Bertz CT molecular complexity index is 1030. The molecule has 0 aliphatic carbocycles. The van der Waals surface area contributed by atoms with E-state index >= 15 is 0 Å². The minimum atomic E-state index is -0.640. The van der Waals surface area contributed by atoms with Crippen molar-refractivity contribution in [2.24, 2.45) is 5.73 Å². The number of nitrogens with two attached hydrogens (primary N) is 1. The number of fused-ring (bicyclic) bond motifs is 1. The fourth-order valence-electron chi connectivity index (χ4n) is 3.10. The van der Waals surface area contributed by atoms with Crippen LogP contribution >= 0.6 is 12.4 Å². The number of aryl methyl sites for hydroxylation is 1. The van der Waals surface area contributed by atoms with Gasteiger partial charge in [0.1, 0.15) is 11.1 Å². The van der Waals surface area contributed by atoms with Crippen molar-refractivity contribution in [1.82, 2.24) is 5.32 Å². The first-order chi connectivity index (χ1) is 12.9. The second kappa shape index (κ2) is 9.04. The van der Waals surface area contributed by atoms with Crippen LogP contribution in [0.4, 0.5) is 0 Å². The lowest BCUT2D eigenvalue weighted by Crippen LogP contribution is -2.35. The topological polar surface area (TPSA) is 85.3 Å². The van der Waals surface area contributed by atoms with Gasteiger partial charge in [-0.15, -0.1) is 12.4 Å². The molecule has 3 aromatic rings. The highest BCUT2D eigenvalue weighted by molar-refractivity contribution is 5.99. The molecular formula is C22H25ClN2O3. The van der Waals surface area contributed by atoms with Crippen LogP contribution in [0.2, 0.25) is 0 Å². The third-order valence-corrected chi connectivity index (χ3v) is 4.81. The maximum atomic E-state index is 12.6. The van der Waals surface area contributed by atoms with Gasteiger partial charge in [-0.25, -0.2) is 4.79 Å². The van der Waals surface area contributed by atoms with Gasteiger partial charge >= 0.3 is 5.63 Å². The Kier molecular flexibility index (Phi) is 7.00. The van der Waals surface area contributed by atoms with Crippen molar-refractivity contribution in [3.8, 4) is 0 Å². The molecule has 3 rings (SSSR count). The molecule has 0 bridgehead atoms. The number of halogens is 1. The minimum Gasteiger partial charge on any atom is -0.422 e. The van der Waals surface area contributed by atoms with E-state index in [1.54, 1.807) is 19.1 Å². The molecule has 0 saturated heterocycles. The molecule has 148 valence electrons. The Morgan fingerprint density at radius 2 is 1.68 bits per heavy atom. The van der Waals surface area contributed by atoms with Crippen LogP contribution in [0.25, 0.3) is 11.0 Å². The molecule has 0 aliphatic heterocycles. The average Bonchev–Trinajstić information content (AvgIpc) is 2.66. The van der Waals surface area contributed by atoms with Gasteiger partial charge in [0.15, 0.2) is 0 Å². The zero-order valence-corrected chi connectivity index (χ0v) is 17.0. The third kappa shape index (κ3) is 4.43. The fourth-order valence-corrected chi connectivity index (χ4v) is 3.10. The summed E-state index contributed by atoms with van der Waals surface area (Å²) < 4.78 is 5.27. The predicted octanol–water partition coefficient (Wildman–Crippen LogP) is 4.08. The average molecular weight is 401 g/mol. The van der Waals surface area contributed by atoms with E-state index in [-0.39, 0.29) is 30.6 Å². The van der Waals surface area contributed by atoms with Crippen LogP contribution in [-0.4, -0.2) is 12.5 Å². The summed E-state index contributed by atoms with van der Waals surface area (Å²) in [6, 6.07) is 14.8. The van der Waals surface area contributed by atoms with Crippen molar-refractivity contribution >= 4 is 29.3 Å². The first-order valence-corrected chi connectivity index (χ1v) is 9.04. The van der Waals surface area contributed by atoms with Crippen LogP contribution < -0.4 is 16.7 Å². The first-order valence-electron chi connectivity index (χ1n) is 9.04. The van der Waals surface area contributed by atoms with Gasteiger partial charge in [-0.3, -0.25) is 4.79 Å². The molecule has 1 aromatic heterocycles. The lowest BCUT2D eigenvalue weighted by atomic mass is 9.99. The van der Waals surface area contributed by atoms with Gasteiger partial charge < -0.3 is 15.5 Å². The number of carbonyl (C=O) groups excluding carboxylic acids is 1. The smallest absolute Gasteiger partial charge is 0.349 e. The lowest BCUT2D eigenvalue weighted by molar-refractivity contribution is 0.0947. The van der Waals surface area contributed by atoms with E-state index < -0.39 is 11.5 Å². The molecule has 1 unspecified atom stereocenters. The molecule has 5 nitrogen and oxygen atoms in total. The second-order valence-corrected chi connectivity index (χ2v) is 7.02. The Morgan fingerprint density at radius 3 is 2.32 bits per heavy atom. The molecular weight excluding hydrogens is 376 g/mol. The number of para-hydroxylation sites is 1. The van der Waals surface area contributed by atoms with Crippen molar-refractivity contribution in [1.29, 1.82) is 0 Å². The van der Waals surface area contributed by atoms with Gasteiger partial charge in [0.2, 0.25) is 0 Å². The summed E-state index contributed by atoms with van der Waals surface area (Å²) in [4.78, 5) is 24.8. The van der Waals surface area contributed by atoms with E-state index in [1.165, 1.54) is 5.56 Å². The van der Waals surface area contributed by atoms with E-state index in [4.69, 9.17) is 10.2 Å². The minimum absolute atomic E-state index is 0. The van der Waals surface area contributed by atoms with Gasteiger partial charge in [-0.1, -0.05) is 56.3 Å². The van der Waals surface area contributed by atoms with Gasteiger partial charge in [0.05, 0.1) is 0 Å². The predicted molar refractivity (Wildman–Crippen MR) is 114 cm³/mol. The van der Waals surface area contributed by atoms with E-state index in [0.717, 1.165) is 10.9 Å². The molecule has 0 aliphatic rings. The number of nitrogens with one attached hydrogen (secondary N) is 1. The zero-order valence-electron chi connectivity index (χ0n) is 16.2. The van der Waals surface area contributed by atoms with Crippen LogP contribution in [0.15, 0.2) is 57.7 Å². The highest BCUT2D eigenvalue weighted by Crippen LogP contribution is 2.20. The van der Waals surface area contributed by atoms with Crippen molar-refractivity contribution in [2.45, 2.75) is 32.7 Å². The van der Waals surface area contributed by atoms with Crippen molar-refractivity contribution in [2.75, 3.05) is 6.54 Å². The lowest BCUT2D eigenvalue weighted by Gasteiger charge is -2.15. The van der Waals surface area contributed by atoms with E-state index in [9.17, 15) is 9.59 Å². The maximum absolute atomic E-state index is 12.6. The van der Waals surface area contributed by atoms with Crippen LogP contribution in [0, 0.1) is 6.92 Å². The van der Waals surface area contributed by atoms with Gasteiger partial charge in [-0.2, -0.15) is 0 Å². The van der Waals surface area contributed by atoms with Crippen molar-refractivity contribution < 1.29 is 9.21 Å². The van der Waals surface area contributed by atoms with Crippen LogP contribution in [0.3, 0.4) is 0 Å². The second-order valence-electron chi connectivity index (χ2n) is 7.02. The molecule has 0 spiro atoms. The Labute approximate surface area is 170 Å². The molecule has 0 saturated carbocycles. The SMILES string of the molecule is Cc1c(C(=O)NCC(N)c2ccc(C(C)C)cc2)c(=O)oc2ccccc12.Cl. The van der Waals surface area contributed by atoms with E-state index in [0.29, 0.717) is 17.1 Å². The maximum Gasteiger partial charge on any atom is 0.349 e. The summed E-state index contributed by atoms with van der Waals surface area (Å²) in [5.74, 6) is -0.0219. The highest BCUT2D eigenvalue weighted by atomic mass is 35.5. The molecule has 1 amide bonds. The summed E-state index contributed by atoms with van der Waals surface area (Å²) >= 11 is 0. The normalized spacial score (nSPS) is 11.9. The van der Waals surface area contributed by atoms with Gasteiger partial charge in [0, 0.05) is 18.0 Å². The summed E-state index contributed by atoms with van der Waals surface area (Å²) in [7, 11) is 0. The summed E-state index contributed by atoms with van der Waals surface area (Å²) in [6.07, 6.45) is 0. The van der Waals surface area contributed by atoms with Crippen LogP contribution in [0.1, 0.15) is 52.9 Å². The van der Waals surface area contributed by atoms with Crippen LogP contribution in [0.5, 0.6) is 0 Å². The Hall–Kier alpha value is -2.63. The molecule has 1 atom stereocenters. The first kappa shape index (κ1) is 21.7. The van der Waals surface area contributed by atoms with Crippen molar-refractivity contribution in [3.05, 3.63) is 81.2 Å². The molecule has 3 N–H and O–H groups in total. The standard InChI is InChI=1S/C22H24N2O3.ClH/c1-13(2)15-8-10-16(11-9-15)18(23)12-24-21(25)20-14(3)17-6-4-5-7-19(17)27-22(20)26;/h4-11,13,18H,12,23H2,1-3H3,(H,24,25);1H. The summed E-state index contributed by atoms with van der Waals surface area (Å²) in [6.45, 7) is 6.24. The summed E-state index contributed by atoms with van der Waals surface area (Å²) in [5.41, 5.74) is 8.83. The molecule has 0 fully saturated rings. The molecule has 2 aromatic carbocycles. The molecule has 6 heteroatoms. The fraction of sp³-hybridized carbons (Fsp3) is 0.273. The van der Waals surface area contributed by atoms with Crippen LogP contribution in [-0.2, 0) is 0 Å². The summed E-state index contributed by atoms with van der Waals surface area (Å²) in [5, 5.41) is 3.50. The van der Waals surface area contributed by atoms with Gasteiger partial charge in [-0.05, 0) is 35.6 Å². The molecule has 28 heavy (non-hydrogen) atoms. The van der Waals surface area contributed by atoms with Gasteiger partial charge in [0.25, 0.3) is 5.91 Å².